The predicted molar refractivity (Wildman–Crippen MR) is 88.2 cm³/mol. The van der Waals surface area contributed by atoms with Crippen molar-refractivity contribution < 1.29 is 0 Å². The highest BCUT2D eigenvalue weighted by Gasteiger charge is 2.19. The second-order valence-electron chi connectivity index (χ2n) is 5.40. The molecule has 106 valence electrons. The van der Waals surface area contributed by atoms with E-state index in [1.165, 1.54) is 0 Å². The number of hydrogen-bond acceptors (Lipinski definition) is 3. The van der Waals surface area contributed by atoms with E-state index >= 15 is 0 Å². The minimum atomic E-state index is -0.168. The van der Waals surface area contributed by atoms with Crippen LogP contribution in [0, 0.1) is 0 Å². The average molecular weight is 375 g/mol. The summed E-state index contributed by atoms with van der Waals surface area (Å²) in [5.41, 5.74) is 0.697. The van der Waals surface area contributed by atoms with Gasteiger partial charge in [-0.25, -0.2) is 9.97 Å². The Bertz CT molecular complexity index is 639. The Morgan fingerprint density at radius 2 is 1.80 bits per heavy atom. The van der Waals surface area contributed by atoms with Crippen molar-refractivity contribution in [1.29, 1.82) is 0 Å². The molecule has 0 aliphatic carbocycles. The van der Waals surface area contributed by atoms with Gasteiger partial charge in [0.2, 0.25) is 0 Å². The molecule has 1 heterocycles. The zero-order valence-corrected chi connectivity index (χ0v) is 14.4. The number of nitrogens with zero attached hydrogens (tertiary/aromatic N) is 2. The smallest absolute Gasteiger partial charge is 0.137 e. The first kappa shape index (κ1) is 15.5. The van der Waals surface area contributed by atoms with Gasteiger partial charge in [0.25, 0.3) is 0 Å². The molecule has 0 amide bonds. The molecule has 0 saturated heterocycles. The number of hydrogen-bond donors (Lipinski definition) is 1. The maximum atomic E-state index is 6.06. The van der Waals surface area contributed by atoms with Gasteiger partial charge >= 0.3 is 0 Å². The van der Waals surface area contributed by atoms with Crippen LogP contribution in [-0.2, 0) is 5.41 Å². The first-order valence-electron chi connectivity index (χ1n) is 6.03. The summed E-state index contributed by atoms with van der Waals surface area (Å²) in [7, 11) is 0. The van der Waals surface area contributed by atoms with Crippen LogP contribution in [0.2, 0.25) is 10.2 Å². The van der Waals surface area contributed by atoms with Crippen molar-refractivity contribution in [1.82, 2.24) is 9.97 Å². The maximum Gasteiger partial charge on any atom is 0.137 e. The van der Waals surface area contributed by atoms with Crippen LogP contribution in [0.15, 0.2) is 28.7 Å². The van der Waals surface area contributed by atoms with Gasteiger partial charge in [-0.3, -0.25) is 0 Å². The molecule has 2 aromatic rings. The Morgan fingerprint density at radius 1 is 1.10 bits per heavy atom. The molecule has 0 fully saturated rings. The van der Waals surface area contributed by atoms with Gasteiger partial charge in [0, 0.05) is 21.0 Å². The number of halogens is 3. The summed E-state index contributed by atoms with van der Waals surface area (Å²) >= 11 is 15.4. The van der Waals surface area contributed by atoms with Crippen molar-refractivity contribution in [2.24, 2.45) is 0 Å². The molecular weight excluding hydrogens is 361 g/mol. The van der Waals surface area contributed by atoms with Crippen LogP contribution < -0.4 is 5.32 Å². The van der Waals surface area contributed by atoms with Crippen LogP contribution in [0.1, 0.15) is 26.6 Å². The van der Waals surface area contributed by atoms with E-state index < -0.39 is 0 Å². The van der Waals surface area contributed by atoms with Crippen LogP contribution in [0.3, 0.4) is 0 Å². The lowest BCUT2D eigenvalue weighted by Crippen LogP contribution is -2.16. The second kappa shape index (κ2) is 5.88. The summed E-state index contributed by atoms with van der Waals surface area (Å²) in [6.45, 7) is 6.13. The minimum absolute atomic E-state index is 0.168. The Labute approximate surface area is 136 Å². The van der Waals surface area contributed by atoms with Crippen LogP contribution in [0.5, 0.6) is 0 Å². The van der Waals surface area contributed by atoms with Crippen molar-refractivity contribution in [2.45, 2.75) is 26.2 Å². The van der Waals surface area contributed by atoms with E-state index in [4.69, 9.17) is 23.2 Å². The van der Waals surface area contributed by atoms with Gasteiger partial charge in [-0.15, -0.1) is 0 Å². The third-order valence-corrected chi connectivity index (χ3v) is 3.64. The van der Waals surface area contributed by atoms with E-state index in [0.717, 1.165) is 10.2 Å². The molecule has 1 aromatic heterocycles. The number of nitrogens with one attached hydrogen (secondary N) is 1. The Morgan fingerprint density at radius 3 is 2.40 bits per heavy atom. The molecule has 0 radical (unpaired) electrons. The lowest BCUT2D eigenvalue weighted by atomic mass is 9.96. The highest BCUT2D eigenvalue weighted by atomic mass is 79.9. The van der Waals surface area contributed by atoms with Crippen LogP contribution in [-0.4, -0.2) is 9.97 Å². The molecule has 0 saturated carbocycles. The van der Waals surface area contributed by atoms with Crippen molar-refractivity contribution in [3.8, 4) is 0 Å². The lowest BCUT2D eigenvalue weighted by Gasteiger charge is -2.18. The lowest BCUT2D eigenvalue weighted by molar-refractivity contribution is 0.546. The van der Waals surface area contributed by atoms with E-state index in [-0.39, 0.29) is 5.41 Å². The zero-order valence-electron chi connectivity index (χ0n) is 11.3. The minimum Gasteiger partial charge on any atom is -0.339 e. The Balaban J connectivity index is 2.36. The summed E-state index contributed by atoms with van der Waals surface area (Å²) in [5, 5.41) is 4.29. The monoisotopic (exact) mass is 373 g/mol. The molecule has 0 atom stereocenters. The molecule has 20 heavy (non-hydrogen) atoms. The standard InChI is InChI=1S/C14H14BrCl2N3/c1-14(2,3)13-19-11(17)7-12(20-13)18-10-5-4-8(16)6-9(10)15/h4-7H,1-3H3,(H,18,19,20). The van der Waals surface area contributed by atoms with E-state index in [9.17, 15) is 0 Å². The quantitative estimate of drug-likeness (QED) is 0.696. The summed E-state index contributed by atoms with van der Waals surface area (Å²) < 4.78 is 0.858. The highest BCUT2D eigenvalue weighted by molar-refractivity contribution is 9.10. The fourth-order valence-corrected chi connectivity index (χ4v) is 2.51. The first-order valence-corrected chi connectivity index (χ1v) is 7.58. The predicted octanol–water partition coefficient (Wildman–Crippen LogP) is 5.59. The molecular formula is C14H14BrCl2N3. The normalized spacial score (nSPS) is 11.5. The van der Waals surface area contributed by atoms with Gasteiger partial charge in [0.05, 0.1) is 5.69 Å². The Hall–Kier alpha value is -0.840. The largest absolute Gasteiger partial charge is 0.339 e. The number of benzene rings is 1. The maximum absolute atomic E-state index is 6.06. The zero-order chi connectivity index (χ0) is 14.9. The van der Waals surface area contributed by atoms with E-state index in [0.29, 0.717) is 21.8 Å². The third kappa shape index (κ3) is 3.84. The Kier molecular flexibility index (Phi) is 4.57. The molecule has 2 rings (SSSR count). The van der Waals surface area contributed by atoms with Crippen molar-refractivity contribution >= 4 is 50.6 Å². The van der Waals surface area contributed by atoms with Gasteiger partial charge in [0.1, 0.15) is 16.8 Å². The van der Waals surface area contributed by atoms with Gasteiger partial charge in [0.15, 0.2) is 0 Å². The molecule has 0 aliphatic rings. The fourth-order valence-electron chi connectivity index (χ4n) is 1.55. The van der Waals surface area contributed by atoms with Crippen LogP contribution in [0.4, 0.5) is 11.5 Å². The highest BCUT2D eigenvalue weighted by Crippen LogP contribution is 2.29. The summed E-state index contributed by atoms with van der Waals surface area (Å²) in [6.07, 6.45) is 0. The fraction of sp³-hybridized carbons (Fsp3) is 0.286. The van der Waals surface area contributed by atoms with Gasteiger partial charge in [-0.1, -0.05) is 44.0 Å². The molecule has 0 bridgehead atoms. The molecule has 1 N–H and O–H groups in total. The third-order valence-electron chi connectivity index (χ3n) is 2.56. The summed E-state index contributed by atoms with van der Waals surface area (Å²) in [6, 6.07) is 7.19. The van der Waals surface area contributed by atoms with Gasteiger partial charge in [-0.05, 0) is 34.1 Å². The van der Waals surface area contributed by atoms with Gasteiger partial charge < -0.3 is 5.32 Å². The van der Waals surface area contributed by atoms with E-state index in [1.54, 1.807) is 6.07 Å². The SMILES string of the molecule is CC(C)(C)c1nc(Cl)cc(Nc2ccc(Cl)cc2Br)n1. The topological polar surface area (TPSA) is 37.8 Å². The van der Waals surface area contributed by atoms with Crippen LogP contribution >= 0.6 is 39.1 Å². The van der Waals surface area contributed by atoms with Crippen molar-refractivity contribution in [3.05, 3.63) is 44.7 Å². The first-order chi connectivity index (χ1) is 9.25. The van der Waals surface area contributed by atoms with Gasteiger partial charge in [-0.2, -0.15) is 0 Å². The van der Waals surface area contributed by atoms with E-state index in [1.807, 2.05) is 39.0 Å². The molecule has 6 heteroatoms. The number of rotatable bonds is 2. The van der Waals surface area contributed by atoms with Crippen LogP contribution in [0.25, 0.3) is 0 Å². The number of aromatic nitrogens is 2. The number of anilines is 2. The second-order valence-corrected chi connectivity index (χ2v) is 7.08. The molecule has 3 nitrogen and oxygen atoms in total. The molecule has 0 unspecified atom stereocenters. The summed E-state index contributed by atoms with van der Waals surface area (Å²) in [4.78, 5) is 8.77. The average Bonchev–Trinajstić information content (AvgIpc) is 2.31. The molecule has 0 spiro atoms. The van der Waals surface area contributed by atoms with Crippen molar-refractivity contribution in [3.63, 3.8) is 0 Å². The van der Waals surface area contributed by atoms with Crippen molar-refractivity contribution in [2.75, 3.05) is 5.32 Å². The molecule has 1 aromatic carbocycles. The van der Waals surface area contributed by atoms with E-state index in [2.05, 4.69) is 31.2 Å². The molecule has 0 aliphatic heterocycles. The summed E-state index contributed by atoms with van der Waals surface area (Å²) in [5.74, 6) is 1.34.